The number of amides is 1. The van der Waals surface area contributed by atoms with Crippen molar-refractivity contribution in [3.63, 3.8) is 0 Å². The maximum atomic E-state index is 12.0. The smallest absolute Gasteiger partial charge is 0.370 e. The van der Waals surface area contributed by atoms with Crippen molar-refractivity contribution in [2.24, 2.45) is 16.5 Å². The number of nitrogens with zero attached hydrogens (tertiary/aromatic N) is 3. The van der Waals surface area contributed by atoms with Gasteiger partial charge in [-0.25, -0.2) is 15.0 Å². The molecule has 5 N–H and O–H groups in total. The van der Waals surface area contributed by atoms with Crippen LogP contribution in [0.25, 0.3) is 0 Å². The molecular formula is C12H17F3N6OS. The number of primary amides is 1. The Labute approximate surface area is 135 Å². The van der Waals surface area contributed by atoms with Crippen molar-refractivity contribution in [2.45, 2.75) is 30.6 Å². The van der Waals surface area contributed by atoms with E-state index < -0.39 is 12.7 Å². The number of carbonyl (C=O) groups excluding carboxylic acids is 1. The number of halogens is 3. The minimum absolute atomic E-state index is 0.253. The molecule has 1 amide bonds. The van der Waals surface area contributed by atoms with E-state index in [4.69, 9.17) is 11.5 Å². The zero-order valence-electron chi connectivity index (χ0n) is 12.1. The molecule has 0 unspecified atom stereocenters. The molecule has 0 saturated carbocycles. The molecule has 0 bridgehead atoms. The van der Waals surface area contributed by atoms with Crippen molar-refractivity contribution in [3.05, 3.63) is 12.3 Å². The summed E-state index contributed by atoms with van der Waals surface area (Å²) in [5.74, 6) is 0.224. The highest BCUT2D eigenvalue weighted by Crippen LogP contribution is 2.17. The third kappa shape index (κ3) is 9.55. The van der Waals surface area contributed by atoms with Gasteiger partial charge in [0.25, 0.3) is 0 Å². The average Bonchev–Trinajstić information content (AvgIpc) is 2.44. The number of nitrogens with one attached hydrogen (secondary N) is 1. The number of hydrogen-bond acceptors (Lipinski definition) is 5. The van der Waals surface area contributed by atoms with Gasteiger partial charge < -0.3 is 16.8 Å². The fraction of sp³-hybridized carbons (Fsp3) is 0.500. The summed E-state index contributed by atoms with van der Waals surface area (Å²) in [5.41, 5.74) is 10.4. The third-order valence-electron chi connectivity index (χ3n) is 2.37. The SMILES string of the molecule is NC(=O)CCCCSc1nccc(NC(N)=NCC(F)(F)F)n1. The molecule has 0 spiro atoms. The molecule has 1 aromatic rings. The van der Waals surface area contributed by atoms with Crippen LogP contribution in [-0.4, -0.2) is 40.3 Å². The largest absolute Gasteiger partial charge is 0.408 e. The summed E-state index contributed by atoms with van der Waals surface area (Å²) in [6.07, 6.45) is -1.18. The minimum Gasteiger partial charge on any atom is -0.370 e. The lowest BCUT2D eigenvalue weighted by atomic mass is 10.2. The first-order chi connectivity index (χ1) is 10.8. The van der Waals surface area contributed by atoms with E-state index in [1.165, 1.54) is 24.0 Å². The monoisotopic (exact) mass is 350 g/mol. The molecule has 0 aliphatic heterocycles. The number of thioether (sulfide) groups is 1. The van der Waals surface area contributed by atoms with E-state index in [0.717, 1.165) is 6.42 Å². The van der Waals surface area contributed by atoms with Crippen molar-refractivity contribution in [1.29, 1.82) is 0 Å². The van der Waals surface area contributed by atoms with Gasteiger partial charge in [-0.05, 0) is 18.9 Å². The molecule has 0 radical (unpaired) electrons. The van der Waals surface area contributed by atoms with Gasteiger partial charge in [-0.15, -0.1) is 0 Å². The van der Waals surface area contributed by atoms with E-state index in [0.29, 0.717) is 23.8 Å². The van der Waals surface area contributed by atoms with E-state index in [1.54, 1.807) is 0 Å². The number of hydrogen-bond donors (Lipinski definition) is 3. The van der Waals surface area contributed by atoms with Crippen LogP contribution in [0, 0.1) is 0 Å². The normalized spacial score (nSPS) is 12.2. The first-order valence-corrected chi connectivity index (χ1v) is 7.62. The van der Waals surface area contributed by atoms with Gasteiger partial charge in [0.15, 0.2) is 11.1 Å². The fourth-order valence-electron chi connectivity index (χ4n) is 1.39. The molecule has 1 rings (SSSR count). The topological polar surface area (TPSA) is 119 Å². The predicted octanol–water partition coefficient (Wildman–Crippen LogP) is 1.51. The van der Waals surface area contributed by atoms with Gasteiger partial charge in [-0.3, -0.25) is 4.79 Å². The number of aromatic nitrogens is 2. The molecule has 1 aromatic heterocycles. The van der Waals surface area contributed by atoms with E-state index in [1.807, 2.05) is 0 Å². The number of aliphatic imine (C=N–C) groups is 1. The Hall–Kier alpha value is -2.04. The maximum absolute atomic E-state index is 12.0. The van der Waals surface area contributed by atoms with E-state index in [9.17, 15) is 18.0 Å². The molecule has 23 heavy (non-hydrogen) atoms. The average molecular weight is 350 g/mol. The Balaban J connectivity index is 2.45. The number of nitrogens with two attached hydrogens (primary N) is 2. The summed E-state index contributed by atoms with van der Waals surface area (Å²) >= 11 is 1.36. The molecule has 128 valence electrons. The second-order valence-corrected chi connectivity index (χ2v) is 5.50. The molecular weight excluding hydrogens is 333 g/mol. The van der Waals surface area contributed by atoms with E-state index >= 15 is 0 Å². The standard InChI is InChI=1S/C12H17F3N6OS/c13-12(14,15)7-19-10(17)20-9-4-5-18-11(21-9)23-6-2-1-3-8(16)22/h4-5H,1-3,6-7H2,(H2,16,22)(H3,17,18,19,20,21). The third-order valence-corrected chi connectivity index (χ3v) is 3.31. The van der Waals surface area contributed by atoms with Gasteiger partial charge in [0, 0.05) is 18.4 Å². The van der Waals surface area contributed by atoms with Gasteiger partial charge in [0.05, 0.1) is 0 Å². The van der Waals surface area contributed by atoms with Crippen LogP contribution in [0.3, 0.4) is 0 Å². The first kappa shape index (κ1) is 19.0. The molecule has 0 aliphatic carbocycles. The summed E-state index contributed by atoms with van der Waals surface area (Å²) in [7, 11) is 0. The number of anilines is 1. The van der Waals surface area contributed by atoms with Gasteiger partial charge in [0.1, 0.15) is 12.4 Å². The number of rotatable bonds is 8. The molecule has 0 aliphatic rings. The van der Waals surface area contributed by atoms with Gasteiger partial charge in [-0.2, -0.15) is 13.2 Å². The number of guanidine groups is 1. The lowest BCUT2D eigenvalue weighted by molar-refractivity contribution is -0.119. The predicted molar refractivity (Wildman–Crippen MR) is 82.0 cm³/mol. The summed E-state index contributed by atoms with van der Waals surface area (Å²) < 4.78 is 36.1. The van der Waals surface area contributed by atoms with Crippen molar-refractivity contribution in [3.8, 4) is 0 Å². The highest BCUT2D eigenvalue weighted by atomic mass is 32.2. The molecule has 0 aromatic carbocycles. The molecule has 1 heterocycles. The zero-order valence-corrected chi connectivity index (χ0v) is 13.0. The molecule has 0 saturated heterocycles. The minimum atomic E-state index is -4.41. The number of carbonyl (C=O) groups is 1. The van der Waals surface area contributed by atoms with Crippen LogP contribution in [0.5, 0.6) is 0 Å². The fourth-order valence-corrected chi connectivity index (χ4v) is 2.22. The second kappa shape index (κ2) is 9.18. The van der Waals surface area contributed by atoms with Crippen LogP contribution < -0.4 is 16.8 Å². The molecule has 0 fully saturated rings. The summed E-state index contributed by atoms with van der Waals surface area (Å²) in [4.78, 5) is 21.9. The summed E-state index contributed by atoms with van der Waals surface area (Å²) in [6.45, 7) is -1.36. The Bertz CT molecular complexity index is 552. The van der Waals surface area contributed by atoms with Crippen LogP contribution in [-0.2, 0) is 4.79 Å². The summed E-state index contributed by atoms with van der Waals surface area (Å²) in [5, 5.41) is 2.92. The quantitative estimate of drug-likeness (QED) is 0.215. The Morgan fingerprint density at radius 2 is 2.09 bits per heavy atom. The number of unbranched alkanes of at least 4 members (excludes halogenated alkanes) is 1. The first-order valence-electron chi connectivity index (χ1n) is 6.64. The van der Waals surface area contributed by atoms with Crippen molar-refractivity contribution < 1.29 is 18.0 Å². The van der Waals surface area contributed by atoms with Gasteiger partial charge >= 0.3 is 6.18 Å². The second-order valence-electron chi connectivity index (χ2n) is 4.44. The Kier molecular flexibility index (Phi) is 7.59. The highest BCUT2D eigenvalue weighted by molar-refractivity contribution is 7.99. The lowest BCUT2D eigenvalue weighted by Crippen LogP contribution is -2.26. The van der Waals surface area contributed by atoms with Gasteiger partial charge in [0.2, 0.25) is 5.91 Å². The van der Waals surface area contributed by atoms with Crippen molar-refractivity contribution >= 4 is 29.4 Å². The molecule has 11 heteroatoms. The van der Waals surface area contributed by atoms with Crippen LogP contribution in [0.1, 0.15) is 19.3 Å². The van der Waals surface area contributed by atoms with E-state index in [-0.39, 0.29) is 17.7 Å². The van der Waals surface area contributed by atoms with Gasteiger partial charge in [-0.1, -0.05) is 11.8 Å². The molecule has 0 atom stereocenters. The number of alkyl halides is 3. The van der Waals surface area contributed by atoms with E-state index in [2.05, 4.69) is 20.3 Å². The van der Waals surface area contributed by atoms with Crippen LogP contribution >= 0.6 is 11.8 Å². The van der Waals surface area contributed by atoms with Crippen LogP contribution in [0.4, 0.5) is 19.0 Å². The Morgan fingerprint density at radius 3 is 2.74 bits per heavy atom. The zero-order chi connectivity index (χ0) is 17.3. The highest BCUT2D eigenvalue weighted by Gasteiger charge is 2.26. The Morgan fingerprint density at radius 1 is 1.35 bits per heavy atom. The van der Waals surface area contributed by atoms with Crippen molar-refractivity contribution in [1.82, 2.24) is 9.97 Å². The van der Waals surface area contributed by atoms with Crippen LogP contribution in [0.2, 0.25) is 0 Å². The summed E-state index contributed by atoms with van der Waals surface area (Å²) in [6, 6.07) is 1.47. The lowest BCUT2D eigenvalue weighted by Gasteiger charge is -2.07. The maximum Gasteiger partial charge on any atom is 0.408 e. The molecule has 7 nitrogen and oxygen atoms in total. The van der Waals surface area contributed by atoms with Crippen molar-refractivity contribution in [2.75, 3.05) is 17.6 Å². The van der Waals surface area contributed by atoms with Crippen LogP contribution in [0.15, 0.2) is 22.4 Å².